The number of anilines is 3. The number of aromatic nitrogens is 2. The van der Waals surface area contributed by atoms with Crippen molar-refractivity contribution in [3.05, 3.63) is 77.7 Å². The number of Topliss-reactive ketones (excluding diaryl/α,β-unsaturated/α-hetero) is 1. The third-order valence-corrected chi connectivity index (χ3v) is 4.07. The SMILES string of the molecule is CC(=O)c1cccc(NC(=O)c2cc(N(C)c3ccccc3)nc(C)n2)c1. The zero-order valence-corrected chi connectivity index (χ0v) is 15.4. The molecule has 0 aliphatic heterocycles. The summed E-state index contributed by atoms with van der Waals surface area (Å²) in [5.74, 6) is 0.703. The molecular formula is C21H20N4O2. The van der Waals surface area contributed by atoms with E-state index in [9.17, 15) is 9.59 Å². The van der Waals surface area contributed by atoms with Gasteiger partial charge in [-0.15, -0.1) is 0 Å². The van der Waals surface area contributed by atoms with Gasteiger partial charge in [-0.05, 0) is 38.1 Å². The first kappa shape index (κ1) is 18.3. The molecule has 3 rings (SSSR count). The third-order valence-electron chi connectivity index (χ3n) is 4.07. The monoisotopic (exact) mass is 360 g/mol. The molecule has 0 fully saturated rings. The van der Waals surface area contributed by atoms with Gasteiger partial charge in [-0.2, -0.15) is 0 Å². The summed E-state index contributed by atoms with van der Waals surface area (Å²) in [5, 5.41) is 2.79. The van der Waals surface area contributed by atoms with Crippen molar-refractivity contribution < 1.29 is 9.59 Å². The van der Waals surface area contributed by atoms with E-state index < -0.39 is 0 Å². The number of ketones is 1. The molecule has 1 aromatic heterocycles. The van der Waals surface area contributed by atoms with Crippen LogP contribution in [0.3, 0.4) is 0 Å². The minimum atomic E-state index is -0.357. The summed E-state index contributed by atoms with van der Waals surface area (Å²) in [6.45, 7) is 3.23. The van der Waals surface area contributed by atoms with E-state index in [1.165, 1.54) is 6.92 Å². The first-order chi connectivity index (χ1) is 12.9. The first-order valence-electron chi connectivity index (χ1n) is 8.51. The Morgan fingerprint density at radius 1 is 0.963 bits per heavy atom. The predicted molar refractivity (Wildman–Crippen MR) is 106 cm³/mol. The van der Waals surface area contributed by atoms with Gasteiger partial charge in [0, 0.05) is 30.1 Å². The lowest BCUT2D eigenvalue weighted by molar-refractivity contribution is 0.100. The second-order valence-electron chi connectivity index (χ2n) is 6.14. The van der Waals surface area contributed by atoms with Crippen LogP contribution in [0.5, 0.6) is 0 Å². The smallest absolute Gasteiger partial charge is 0.274 e. The van der Waals surface area contributed by atoms with Crippen LogP contribution in [0.25, 0.3) is 0 Å². The van der Waals surface area contributed by atoms with Gasteiger partial charge in [-0.25, -0.2) is 9.97 Å². The number of nitrogens with one attached hydrogen (secondary N) is 1. The molecule has 0 radical (unpaired) electrons. The van der Waals surface area contributed by atoms with E-state index in [1.807, 2.05) is 42.3 Å². The molecule has 0 saturated heterocycles. The highest BCUT2D eigenvalue weighted by molar-refractivity contribution is 6.04. The molecule has 6 nitrogen and oxygen atoms in total. The number of para-hydroxylation sites is 1. The second kappa shape index (κ2) is 7.78. The van der Waals surface area contributed by atoms with Gasteiger partial charge in [-0.3, -0.25) is 9.59 Å². The summed E-state index contributed by atoms with van der Waals surface area (Å²) in [5.41, 5.74) is 2.29. The van der Waals surface area contributed by atoms with E-state index in [1.54, 1.807) is 37.3 Å². The van der Waals surface area contributed by atoms with Gasteiger partial charge in [0.05, 0.1) is 0 Å². The maximum atomic E-state index is 12.7. The van der Waals surface area contributed by atoms with E-state index in [0.717, 1.165) is 5.69 Å². The molecular weight excluding hydrogens is 340 g/mol. The molecule has 0 bridgehead atoms. The molecule has 0 unspecified atom stereocenters. The Hall–Kier alpha value is -3.54. The van der Waals surface area contributed by atoms with Crippen molar-refractivity contribution in [2.45, 2.75) is 13.8 Å². The Balaban J connectivity index is 1.86. The normalized spacial score (nSPS) is 10.3. The van der Waals surface area contributed by atoms with Crippen LogP contribution in [0.1, 0.15) is 33.6 Å². The highest BCUT2D eigenvalue weighted by Crippen LogP contribution is 2.22. The van der Waals surface area contributed by atoms with Gasteiger partial charge >= 0.3 is 0 Å². The first-order valence-corrected chi connectivity index (χ1v) is 8.51. The standard InChI is InChI=1S/C21H20N4O2/c1-14(26)16-8-7-9-17(12-16)24-21(27)19-13-20(23-15(2)22-19)25(3)18-10-5-4-6-11-18/h4-13H,1-3H3,(H,24,27). The molecule has 1 amide bonds. The average molecular weight is 360 g/mol. The Bertz CT molecular complexity index is 986. The summed E-state index contributed by atoms with van der Waals surface area (Å²) in [6, 6.07) is 18.2. The summed E-state index contributed by atoms with van der Waals surface area (Å²) in [4.78, 5) is 34.7. The number of hydrogen-bond acceptors (Lipinski definition) is 5. The number of benzene rings is 2. The predicted octanol–water partition coefficient (Wildman–Crippen LogP) is 4.01. The summed E-state index contributed by atoms with van der Waals surface area (Å²) >= 11 is 0. The zero-order valence-electron chi connectivity index (χ0n) is 15.4. The average Bonchev–Trinajstić information content (AvgIpc) is 2.67. The van der Waals surface area contributed by atoms with Gasteiger partial charge in [0.25, 0.3) is 5.91 Å². The number of nitrogens with zero attached hydrogens (tertiary/aromatic N) is 3. The van der Waals surface area contributed by atoms with Gasteiger partial charge in [0.2, 0.25) is 0 Å². The Kier molecular flexibility index (Phi) is 5.26. The van der Waals surface area contributed by atoms with Crippen molar-refractivity contribution >= 4 is 28.9 Å². The molecule has 0 atom stereocenters. The second-order valence-corrected chi connectivity index (χ2v) is 6.14. The summed E-state index contributed by atoms with van der Waals surface area (Å²) < 4.78 is 0. The summed E-state index contributed by atoms with van der Waals surface area (Å²) in [6.07, 6.45) is 0. The maximum Gasteiger partial charge on any atom is 0.274 e. The number of rotatable bonds is 5. The minimum Gasteiger partial charge on any atom is -0.329 e. The molecule has 27 heavy (non-hydrogen) atoms. The topological polar surface area (TPSA) is 75.2 Å². The number of aryl methyl sites for hydroxylation is 1. The van der Waals surface area contributed by atoms with E-state index in [2.05, 4.69) is 15.3 Å². The van der Waals surface area contributed by atoms with Crippen LogP contribution in [-0.4, -0.2) is 28.7 Å². The molecule has 0 aliphatic carbocycles. The molecule has 1 heterocycles. The molecule has 3 aromatic rings. The van der Waals surface area contributed by atoms with Crippen molar-refractivity contribution in [1.82, 2.24) is 9.97 Å². The molecule has 0 spiro atoms. The van der Waals surface area contributed by atoms with Crippen LogP contribution in [0.4, 0.5) is 17.2 Å². The van der Waals surface area contributed by atoms with Crippen LogP contribution < -0.4 is 10.2 Å². The third kappa shape index (κ3) is 4.36. The van der Waals surface area contributed by atoms with Crippen LogP contribution >= 0.6 is 0 Å². The fraction of sp³-hybridized carbons (Fsp3) is 0.143. The quantitative estimate of drug-likeness (QED) is 0.696. The number of hydrogen-bond donors (Lipinski definition) is 1. The fourth-order valence-corrected chi connectivity index (χ4v) is 2.64. The van der Waals surface area contributed by atoms with E-state index in [-0.39, 0.29) is 17.4 Å². The van der Waals surface area contributed by atoms with E-state index in [4.69, 9.17) is 0 Å². The van der Waals surface area contributed by atoms with Crippen LogP contribution in [0.2, 0.25) is 0 Å². The van der Waals surface area contributed by atoms with Crippen molar-refractivity contribution in [3.8, 4) is 0 Å². The van der Waals surface area contributed by atoms with E-state index >= 15 is 0 Å². The number of amides is 1. The molecule has 136 valence electrons. The van der Waals surface area contributed by atoms with Crippen LogP contribution in [0, 0.1) is 6.92 Å². The Labute approximate surface area is 157 Å². The molecule has 1 N–H and O–H groups in total. The number of carbonyl (C=O) groups excluding carboxylic acids is 2. The molecule has 0 saturated carbocycles. The van der Waals surface area contributed by atoms with E-state index in [0.29, 0.717) is 22.9 Å². The largest absolute Gasteiger partial charge is 0.329 e. The lowest BCUT2D eigenvalue weighted by Crippen LogP contribution is -2.18. The van der Waals surface area contributed by atoms with Gasteiger partial charge in [0.15, 0.2) is 5.78 Å². The molecule has 6 heteroatoms. The van der Waals surface area contributed by atoms with Crippen molar-refractivity contribution in [2.24, 2.45) is 0 Å². The van der Waals surface area contributed by atoms with Gasteiger partial charge < -0.3 is 10.2 Å². The zero-order chi connectivity index (χ0) is 19.4. The van der Waals surface area contributed by atoms with Gasteiger partial charge in [-0.1, -0.05) is 30.3 Å². The summed E-state index contributed by atoms with van der Waals surface area (Å²) in [7, 11) is 1.88. The van der Waals surface area contributed by atoms with Crippen molar-refractivity contribution in [3.63, 3.8) is 0 Å². The highest BCUT2D eigenvalue weighted by Gasteiger charge is 2.14. The molecule has 2 aromatic carbocycles. The lowest BCUT2D eigenvalue weighted by atomic mass is 10.1. The van der Waals surface area contributed by atoms with Gasteiger partial charge in [0.1, 0.15) is 17.3 Å². The van der Waals surface area contributed by atoms with Crippen molar-refractivity contribution in [2.75, 3.05) is 17.3 Å². The van der Waals surface area contributed by atoms with Crippen LogP contribution in [-0.2, 0) is 0 Å². The fourth-order valence-electron chi connectivity index (χ4n) is 2.64. The van der Waals surface area contributed by atoms with Crippen molar-refractivity contribution in [1.29, 1.82) is 0 Å². The Morgan fingerprint density at radius 2 is 1.70 bits per heavy atom. The van der Waals surface area contributed by atoms with Crippen LogP contribution in [0.15, 0.2) is 60.7 Å². The number of carbonyl (C=O) groups is 2. The minimum absolute atomic E-state index is 0.0595. The maximum absolute atomic E-state index is 12.7. The highest BCUT2D eigenvalue weighted by atomic mass is 16.2. The Morgan fingerprint density at radius 3 is 2.41 bits per heavy atom. The molecule has 0 aliphatic rings. The lowest BCUT2D eigenvalue weighted by Gasteiger charge is -2.19.